The summed E-state index contributed by atoms with van der Waals surface area (Å²) < 4.78 is 0. The Kier molecular flexibility index (Phi) is 3.85. The van der Waals surface area contributed by atoms with Gasteiger partial charge in [0.1, 0.15) is 5.92 Å². The van der Waals surface area contributed by atoms with E-state index in [0.717, 1.165) is 6.07 Å². The van der Waals surface area contributed by atoms with Crippen LogP contribution in [0.4, 0.5) is 15.3 Å². The number of nitriles is 1. The highest BCUT2D eigenvalue weighted by Crippen LogP contribution is 2.35. The van der Waals surface area contributed by atoms with Crippen LogP contribution in [0.2, 0.25) is 0 Å². The molecule has 0 aromatic heterocycles. The quantitative estimate of drug-likeness (QED) is 0.657. The van der Waals surface area contributed by atoms with Gasteiger partial charge in [0.05, 0.1) is 17.0 Å². The van der Waals surface area contributed by atoms with Crippen LogP contribution in [0, 0.1) is 27.4 Å². The van der Waals surface area contributed by atoms with Gasteiger partial charge >= 0.3 is 12.1 Å². The number of nitrogens with zero attached hydrogens (tertiary/aromatic N) is 4. The molecule has 1 aliphatic heterocycles. The van der Waals surface area contributed by atoms with Gasteiger partial charge in [-0.25, -0.2) is 19.5 Å². The monoisotopic (exact) mass is 302 g/mol. The molecule has 22 heavy (non-hydrogen) atoms. The molecular weight excluding hydrogens is 292 g/mol. The minimum atomic E-state index is -1.57. The first kappa shape index (κ1) is 15.1. The number of aliphatic imine (C=N–C) groups is 1. The molecule has 2 rings (SSSR count). The first-order valence-electron chi connectivity index (χ1n) is 6.12. The minimum absolute atomic E-state index is 0.168. The Hall–Kier alpha value is -3.28. The van der Waals surface area contributed by atoms with Crippen molar-refractivity contribution in [1.29, 1.82) is 5.26 Å². The van der Waals surface area contributed by atoms with Crippen LogP contribution in [0.1, 0.15) is 18.5 Å². The lowest BCUT2D eigenvalue weighted by atomic mass is 9.88. The van der Waals surface area contributed by atoms with Crippen molar-refractivity contribution < 1.29 is 19.6 Å². The van der Waals surface area contributed by atoms with Crippen LogP contribution in [0.15, 0.2) is 29.3 Å². The molecule has 112 valence electrons. The van der Waals surface area contributed by atoms with E-state index in [2.05, 4.69) is 4.99 Å². The van der Waals surface area contributed by atoms with Crippen molar-refractivity contribution in [1.82, 2.24) is 4.90 Å². The first-order chi connectivity index (χ1) is 10.4. The molecule has 3 amide bonds. The number of benzene rings is 1. The van der Waals surface area contributed by atoms with Gasteiger partial charge in [-0.3, -0.25) is 10.1 Å². The second kappa shape index (κ2) is 5.61. The number of carbonyl (C=O) groups is 2. The molecule has 2 atom stereocenters. The zero-order valence-electron chi connectivity index (χ0n) is 11.3. The number of nitro benzene ring substituents is 1. The molecule has 0 saturated carbocycles. The molecule has 0 spiro atoms. The average molecular weight is 302 g/mol. The third kappa shape index (κ3) is 2.49. The number of imide groups is 1. The molecule has 0 fully saturated rings. The van der Waals surface area contributed by atoms with Gasteiger partial charge in [-0.15, -0.1) is 0 Å². The van der Waals surface area contributed by atoms with E-state index < -0.39 is 29.0 Å². The molecule has 0 bridgehead atoms. The maximum atomic E-state index is 11.8. The van der Waals surface area contributed by atoms with Gasteiger partial charge in [-0.2, -0.15) is 5.26 Å². The zero-order valence-corrected chi connectivity index (χ0v) is 11.3. The van der Waals surface area contributed by atoms with Gasteiger partial charge < -0.3 is 5.11 Å². The topological polar surface area (TPSA) is 137 Å². The van der Waals surface area contributed by atoms with Crippen LogP contribution >= 0.6 is 0 Å². The van der Waals surface area contributed by atoms with Crippen molar-refractivity contribution in [2.45, 2.75) is 13.0 Å². The summed E-state index contributed by atoms with van der Waals surface area (Å²) in [4.78, 5) is 37.3. The Morgan fingerprint density at radius 3 is 2.77 bits per heavy atom. The molecule has 1 N–H and O–H groups in total. The van der Waals surface area contributed by atoms with E-state index in [-0.39, 0.29) is 17.0 Å². The van der Waals surface area contributed by atoms with E-state index in [0.29, 0.717) is 4.90 Å². The number of carbonyl (C=O) groups excluding carboxylic acids is 1. The lowest BCUT2D eigenvalue weighted by Gasteiger charge is -2.33. The molecule has 1 aromatic carbocycles. The lowest BCUT2D eigenvalue weighted by Crippen LogP contribution is -2.46. The molecule has 1 aliphatic rings. The Bertz CT molecular complexity index is 736. The normalized spacial score (nSPS) is 21.0. The number of urea groups is 1. The summed E-state index contributed by atoms with van der Waals surface area (Å²) in [6.07, 6.45) is -1.57. The second-order valence-electron chi connectivity index (χ2n) is 4.59. The molecule has 0 aliphatic carbocycles. The summed E-state index contributed by atoms with van der Waals surface area (Å²) in [7, 11) is 0. The van der Waals surface area contributed by atoms with Gasteiger partial charge in [-0.1, -0.05) is 12.1 Å². The van der Waals surface area contributed by atoms with Crippen LogP contribution in [-0.4, -0.2) is 32.8 Å². The van der Waals surface area contributed by atoms with E-state index >= 15 is 0 Å². The number of amides is 3. The van der Waals surface area contributed by atoms with Crippen LogP contribution in [0.25, 0.3) is 0 Å². The smallest absolute Gasteiger partial charge is 0.416 e. The highest BCUT2D eigenvalue weighted by Gasteiger charge is 2.42. The van der Waals surface area contributed by atoms with E-state index in [9.17, 15) is 30.1 Å². The van der Waals surface area contributed by atoms with Gasteiger partial charge in [0.15, 0.2) is 0 Å². The highest BCUT2D eigenvalue weighted by atomic mass is 16.6. The maximum Gasteiger partial charge on any atom is 0.416 e. The van der Waals surface area contributed by atoms with Crippen LogP contribution in [0.3, 0.4) is 0 Å². The van der Waals surface area contributed by atoms with Crippen molar-refractivity contribution in [3.63, 3.8) is 0 Å². The maximum absolute atomic E-state index is 11.8. The number of carboxylic acid groups (broad SMARTS) is 1. The molecule has 9 heteroatoms. The third-order valence-corrected chi connectivity index (χ3v) is 3.29. The van der Waals surface area contributed by atoms with Crippen LogP contribution < -0.4 is 0 Å². The molecule has 1 heterocycles. The number of hydrogen-bond donors (Lipinski definition) is 1. The van der Waals surface area contributed by atoms with Gasteiger partial charge in [0, 0.05) is 17.8 Å². The number of nitro groups is 1. The minimum Gasteiger partial charge on any atom is -0.465 e. The zero-order chi connectivity index (χ0) is 16.4. The third-order valence-electron chi connectivity index (χ3n) is 3.29. The molecule has 0 saturated heterocycles. The highest BCUT2D eigenvalue weighted by molar-refractivity contribution is 6.04. The summed E-state index contributed by atoms with van der Waals surface area (Å²) >= 11 is 0. The van der Waals surface area contributed by atoms with Gasteiger partial charge in [0.2, 0.25) is 0 Å². The predicted octanol–water partition coefficient (Wildman–Crippen LogP) is 2.35. The largest absolute Gasteiger partial charge is 0.465 e. The van der Waals surface area contributed by atoms with E-state index in [1.54, 1.807) is 0 Å². The number of hydrogen-bond acceptors (Lipinski definition) is 5. The van der Waals surface area contributed by atoms with Crippen molar-refractivity contribution >= 4 is 23.5 Å². The molecule has 2 unspecified atom stereocenters. The SMILES string of the molecule is CC1=NC(=O)N(C(=O)O)C(c2cccc([N+](=O)[O-])c2)C1C#N. The van der Waals surface area contributed by atoms with Gasteiger partial charge in [-0.05, 0) is 12.5 Å². The Morgan fingerprint density at radius 2 is 2.23 bits per heavy atom. The summed E-state index contributed by atoms with van der Waals surface area (Å²) in [5, 5.41) is 29.3. The number of rotatable bonds is 2. The van der Waals surface area contributed by atoms with Crippen molar-refractivity contribution in [2.24, 2.45) is 10.9 Å². The lowest BCUT2D eigenvalue weighted by molar-refractivity contribution is -0.385. The van der Waals surface area contributed by atoms with Crippen molar-refractivity contribution in [2.75, 3.05) is 0 Å². The van der Waals surface area contributed by atoms with E-state index in [1.165, 1.54) is 25.1 Å². The molecule has 9 nitrogen and oxygen atoms in total. The Morgan fingerprint density at radius 1 is 1.55 bits per heavy atom. The average Bonchev–Trinajstić information content (AvgIpc) is 2.46. The fraction of sp³-hybridized carbons (Fsp3) is 0.231. The summed E-state index contributed by atoms with van der Waals surface area (Å²) in [5.41, 5.74) is 0.0967. The molecule has 1 aromatic rings. The summed E-state index contributed by atoms with van der Waals surface area (Å²) in [6.45, 7) is 1.44. The number of non-ortho nitro benzene ring substituents is 1. The Labute approximate surface area is 124 Å². The standard InChI is InChI=1S/C13H10N4O5/c1-7-10(6-14)11(16(13(19)20)12(18)15-7)8-3-2-4-9(5-8)17(21)22/h2-5,10-11H,1H3,(H,19,20). The Balaban J connectivity index is 2.62. The van der Waals surface area contributed by atoms with E-state index in [1.807, 2.05) is 6.07 Å². The van der Waals surface area contributed by atoms with Crippen molar-refractivity contribution in [3.05, 3.63) is 39.9 Å². The second-order valence-corrected chi connectivity index (χ2v) is 4.59. The first-order valence-corrected chi connectivity index (χ1v) is 6.12. The van der Waals surface area contributed by atoms with Crippen LogP contribution in [0.5, 0.6) is 0 Å². The summed E-state index contributed by atoms with van der Waals surface area (Å²) in [5.74, 6) is -1.00. The fourth-order valence-corrected chi connectivity index (χ4v) is 2.30. The van der Waals surface area contributed by atoms with Crippen molar-refractivity contribution in [3.8, 4) is 6.07 Å². The van der Waals surface area contributed by atoms with Gasteiger partial charge in [0.25, 0.3) is 5.69 Å². The molecular formula is C13H10N4O5. The molecule has 0 radical (unpaired) electrons. The van der Waals surface area contributed by atoms with E-state index in [4.69, 9.17) is 0 Å². The fourth-order valence-electron chi connectivity index (χ4n) is 2.30. The predicted molar refractivity (Wildman–Crippen MR) is 73.3 cm³/mol. The van der Waals surface area contributed by atoms with Crippen LogP contribution in [-0.2, 0) is 0 Å². The summed E-state index contributed by atoms with van der Waals surface area (Å²) in [6, 6.07) is 4.89.